The summed E-state index contributed by atoms with van der Waals surface area (Å²) in [7, 11) is 1.57. The number of ether oxygens (including phenoxy) is 2. The van der Waals surface area contributed by atoms with Crippen LogP contribution in [0.2, 0.25) is 0 Å². The summed E-state index contributed by atoms with van der Waals surface area (Å²) >= 11 is 1.63. The van der Waals surface area contributed by atoms with Gasteiger partial charge in [-0.1, -0.05) is 12.1 Å². The Bertz CT molecular complexity index is 652. The van der Waals surface area contributed by atoms with Crippen molar-refractivity contribution in [2.75, 3.05) is 20.3 Å². The van der Waals surface area contributed by atoms with E-state index in [9.17, 15) is 4.79 Å². The highest BCUT2D eigenvalue weighted by Gasteiger charge is 2.17. The molecule has 0 aliphatic heterocycles. The third-order valence-corrected chi connectivity index (χ3v) is 4.14. The van der Waals surface area contributed by atoms with Crippen molar-refractivity contribution in [1.29, 1.82) is 0 Å². The molecule has 122 valence electrons. The van der Waals surface area contributed by atoms with E-state index < -0.39 is 0 Å². The third-order valence-electron chi connectivity index (χ3n) is 3.27. The molecule has 1 aromatic heterocycles. The molecule has 1 aromatic carbocycles. The quantitative estimate of drug-likeness (QED) is 0.687. The maximum absolute atomic E-state index is 12.8. The number of nitrogens with zero attached hydrogens (tertiary/aromatic N) is 1. The van der Waals surface area contributed by atoms with E-state index in [-0.39, 0.29) is 5.91 Å². The molecule has 5 heteroatoms. The zero-order valence-electron chi connectivity index (χ0n) is 13.5. The van der Waals surface area contributed by atoms with Crippen LogP contribution in [-0.4, -0.2) is 31.1 Å². The van der Waals surface area contributed by atoms with Crippen molar-refractivity contribution in [2.45, 2.75) is 13.5 Å². The van der Waals surface area contributed by atoms with Crippen LogP contribution >= 0.6 is 11.3 Å². The summed E-state index contributed by atoms with van der Waals surface area (Å²) in [5, 5.41) is 2.01. The Kier molecular flexibility index (Phi) is 6.23. The monoisotopic (exact) mass is 331 g/mol. The van der Waals surface area contributed by atoms with E-state index in [4.69, 9.17) is 9.47 Å². The Labute approximate surface area is 141 Å². The number of carbonyl (C=O) groups excluding carboxylic acids is 1. The largest absolute Gasteiger partial charge is 0.493 e. The van der Waals surface area contributed by atoms with E-state index >= 15 is 0 Å². The first-order valence-electron chi connectivity index (χ1n) is 7.43. The van der Waals surface area contributed by atoms with Gasteiger partial charge in [0.05, 0.1) is 20.3 Å². The molecule has 0 N–H and O–H groups in total. The fraction of sp³-hybridized carbons (Fsp3) is 0.278. The van der Waals surface area contributed by atoms with Gasteiger partial charge in [-0.15, -0.1) is 17.9 Å². The van der Waals surface area contributed by atoms with Crippen LogP contribution in [0.15, 0.2) is 48.4 Å². The molecule has 0 saturated carbocycles. The van der Waals surface area contributed by atoms with E-state index in [1.807, 2.05) is 24.4 Å². The molecule has 0 saturated heterocycles. The predicted molar refractivity (Wildman–Crippen MR) is 93.4 cm³/mol. The maximum atomic E-state index is 12.8. The van der Waals surface area contributed by atoms with Crippen molar-refractivity contribution >= 4 is 17.2 Å². The van der Waals surface area contributed by atoms with Crippen LogP contribution in [0, 0.1) is 0 Å². The van der Waals surface area contributed by atoms with E-state index in [1.54, 1.807) is 47.6 Å². The summed E-state index contributed by atoms with van der Waals surface area (Å²) in [5.41, 5.74) is 0.573. The molecule has 0 aliphatic carbocycles. The van der Waals surface area contributed by atoms with Crippen molar-refractivity contribution in [3.05, 3.63) is 58.8 Å². The Morgan fingerprint density at radius 2 is 2.17 bits per heavy atom. The van der Waals surface area contributed by atoms with Gasteiger partial charge in [0.15, 0.2) is 11.5 Å². The van der Waals surface area contributed by atoms with Gasteiger partial charge < -0.3 is 14.4 Å². The summed E-state index contributed by atoms with van der Waals surface area (Å²) in [6, 6.07) is 9.26. The molecule has 0 atom stereocenters. The normalized spacial score (nSPS) is 10.2. The average molecular weight is 331 g/mol. The lowest BCUT2D eigenvalue weighted by atomic mass is 10.1. The lowest BCUT2D eigenvalue weighted by molar-refractivity contribution is 0.0764. The van der Waals surface area contributed by atoms with Gasteiger partial charge in [0, 0.05) is 17.0 Å². The van der Waals surface area contributed by atoms with Crippen molar-refractivity contribution in [1.82, 2.24) is 4.90 Å². The minimum atomic E-state index is -0.0559. The zero-order chi connectivity index (χ0) is 16.7. The molecule has 4 nitrogen and oxygen atoms in total. The Morgan fingerprint density at radius 3 is 2.78 bits per heavy atom. The van der Waals surface area contributed by atoms with Gasteiger partial charge >= 0.3 is 0 Å². The number of carbonyl (C=O) groups is 1. The molecule has 0 bridgehead atoms. The van der Waals surface area contributed by atoms with Crippen LogP contribution in [0.5, 0.6) is 11.5 Å². The standard InChI is InChI=1S/C18H21NO3S/c1-4-10-19(13-15-7-6-11-23-15)18(20)14-8-9-16(22-5-2)17(12-14)21-3/h4,6-9,11-12H,1,5,10,13H2,2-3H3. The fourth-order valence-corrected chi connectivity index (χ4v) is 2.94. The fourth-order valence-electron chi connectivity index (χ4n) is 2.22. The average Bonchev–Trinajstić information content (AvgIpc) is 3.07. The van der Waals surface area contributed by atoms with Crippen molar-refractivity contribution < 1.29 is 14.3 Å². The molecule has 2 rings (SSSR count). The highest BCUT2D eigenvalue weighted by Crippen LogP contribution is 2.28. The number of methoxy groups -OCH3 is 1. The molecular weight excluding hydrogens is 310 g/mol. The number of amides is 1. The minimum Gasteiger partial charge on any atom is -0.493 e. The first-order valence-corrected chi connectivity index (χ1v) is 8.31. The number of hydrogen-bond donors (Lipinski definition) is 0. The molecule has 0 unspecified atom stereocenters. The summed E-state index contributed by atoms with van der Waals surface area (Å²) in [6.45, 7) is 7.26. The molecule has 0 fully saturated rings. The lowest BCUT2D eigenvalue weighted by Crippen LogP contribution is -2.30. The molecular formula is C18H21NO3S. The van der Waals surface area contributed by atoms with Crippen LogP contribution in [0.1, 0.15) is 22.2 Å². The molecule has 23 heavy (non-hydrogen) atoms. The summed E-state index contributed by atoms with van der Waals surface area (Å²) in [6.07, 6.45) is 1.73. The predicted octanol–water partition coefficient (Wildman–Crippen LogP) is 3.98. The van der Waals surface area contributed by atoms with Crippen LogP contribution in [0.3, 0.4) is 0 Å². The van der Waals surface area contributed by atoms with Gasteiger partial charge in [0.1, 0.15) is 0 Å². The van der Waals surface area contributed by atoms with Crippen molar-refractivity contribution in [2.24, 2.45) is 0 Å². The zero-order valence-corrected chi connectivity index (χ0v) is 14.3. The summed E-state index contributed by atoms with van der Waals surface area (Å²) < 4.78 is 10.8. The minimum absolute atomic E-state index is 0.0559. The molecule has 0 spiro atoms. The Morgan fingerprint density at radius 1 is 1.35 bits per heavy atom. The number of rotatable bonds is 8. The number of thiophene rings is 1. The van der Waals surface area contributed by atoms with Gasteiger partial charge in [0.2, 0.25) is 0 Å². The second-order valence-corrected chi connectivity index (χ2v) is 5.88. The van der Waals surface area contributed by atoms with Gasteiger partial charge in [-0.05, 0) is 36.6 Å². The van der Waals surface area contributed by atoms with Gasteiger partial charge in [-0.25, -0.2) is 0 Å². The second-order valence-electron chi connectivity index (χ2n) is 4.85. The van der Waals surface area contributed by atoms with E-state index in [2.05, 4.69) is 6.58 Å². The number of benzene rings is 1. The van der Waals surface area contributed by atoms with E-state index in [0.29, 0.717) is 36.8 Å². The number of hydrogen-bond acceptors (Lipinski definition) is 4. The molecule has 1 amide bonds. The van der Waals surface area contributed by atoms with Crippen LogP contribution < -0.4 is 9.47 Å². The maximum Gasteiger partial charge on any atom is 0.254 e. The topological polar surface area (TPSA) is 38.8 Å². The van der Waals surface area contributed by atoms with Gasteiger partial charge in [-0.3, -0.25) is 4.79 Å². The third kappa shape index (κ3) is 4.36. The van der Waals surface area contributed by atoms with Crippen molar-refractivity contribution in [3.8, 4) is 11.5 Å². The summed E-state index contributed by atoms with van der Waals surface area (Å²) in [4.78, 5) is 15.7. The lowest BCUT2D eigenvalue weighted by Gasteiger charge is -2.21. The molecule has 1 heterocycles. The highest BCUT2D eigenvalue weighted by molar-refractivity contribution is 7.09. The highest BCUT2D eigenvalue weighted by atomic mass is 32.1. The molecule has 0 aliphatic rings. The smallest absolute Gasteiger partial charge is 0.254 e. The van der Waals surface area contributed by atoms with Gasteiger partial charge in [0.25, 0.3) is 5.91 Å². The van der Waals surface area contributed by atoms with E-state index in [0.717, 1.165) is 4.88 Å². The summed E-state index contributed by atoms with van der Waals surface area (Å²) in [5.74, 6) is 1.15. The van der Waals surface area contributed by atoms with Gasteiger partial charge in [-0.2, -0.15) is 0 Å². The van der Waals surface area contributed by atoms with Crippen LogP contribution in [0.4, 0.5) is 0 Å². The van der Waals surface area contributed by atoms with Crippen molar-refractivity contribution in [3.63, 3.8) is 0 Å². The van der Waals surface area contributed by atoms with Crippen LogP contribution in [0.25, 0.3) is 0 Å². The first kappa shape index (κ1) is 17.1. The Hall–Kier alpha value is -2.27. The Balaban J connectivity index is 2.23. The molecule has 0 radical (unpaired) electrons. The second kappa shape index (κ2) is 8.39. The van der Waals surface area contributed by atoms with E-state index in [1.165, 1.54) is 0 Å². The first-order chi connectivity index (χ1) is 11.2. The SMILES string of the molecule is C=CCN(Cc1cccs1)C(=O)c1ccc(OCC)c(OC)c1. The molecule has 2 aromatic rings. The van der Waals surface area contributed by atoms with Crippen LogP contribution in [-0.2, 0) is 6.54 Å².